The maximum absolute atomic E-state index is 3.50. The Kier molecular flexibility index (Phi) is 8.80. The van der Waals surface area contributed by atoms with Crippen molar-refractivity contribution in [3.8, 4) is 0 Å². The molecule has 0 bridgehead atoms. The van der Waals surface area contributed by atoms with Gasteiger partial charge in [0.2, 0.25) is 0 Å². The quantitative estimate of drug-likeness (QED) is 0.163. The molecule has 0 heterocycles. The highest BCUT2D eigenvalue weighted by molar-refractivity contribution is 5.71. The number of rotatable bonds is 11. The van der Waals surface area contributed by atoms with E-state index < -0.39 is 0 Å². The monoisotopic (exact) mass is 507 g/mol. The molecule has 0 spiro atoms. The van der Waals surface area contributed by atoms with Crippen molar-refractivity contribution in [3.63, 3.8) is 0 Å². The molecule has 4 rings (SSSR count). The van der Waals surface area contributed by atoms with Gasteiger partial charge in [0.1, 0.15) is 0 Å². The smallest absolute Gasteiger partial charge is 0.0414 e. The molecule has 0 fully saturated rings. The fourth-order valence-electron chi connectivity index (χ4n) is 4.46. The van der Waals surface area contributed by atoms with Gasteiger partial charge in [-0.2, -0.15) is 0 Å². The van der Waals surface area contributed by atoms with E-state index in [0.29, 0.717) is 18.1 Å². The first kappa shape index (κ1) is 26.9. The molecule has 5 nitrogen and oxygen atoms in total. The van der Waals surface area contributed by atoms with E-state index in [0.717, 1.165) is 45.5 Å². The third-order valence-corrected chi connectivity index (χ3v) is 6.07. The maximum Gasteiger partial charge on any atom is 0.0414 e. The number of benzene rings is 4. The molecule has 38 heavy (non-hydrogen) atoms. The second-order valence-corrected chi connectivity index (χ2v) is 10.6. The molecule has 0 saturated heterocycles. The van der Waals surface area contributed by atoms with Gasteiger partial charge >= 0.3 is 0 Å². The van der Waals surface area contributed by atoms with Gasteiger partial charge < -0.3 is 26.2 Å². The van der Waals surface area contributed by atoms with Crippen molar-refractivity contribution in [2.24, 2.45) is 0 Å². The van der Waals surface area contributed by atoms with Crippen LogP contribution in [-0.2, 0) is 0 Å². The topological polar surface area (TPSA) is 51.4 Å². The van der Waals surface area contributed by atoms with Crippen molar-refractivity contribution in [3.05, 3.63) is 97.1 Å². The summed E-state index contributed by atoms with van der Waals surface area (Å²) in [6.45, 7) is 13.0. The van der Waals surface area contributed by atoms with E-state index in [-0.39, 0.29) is 0 Å². The van der Waals surface area contributed by atoms with E-state index in [1.807, 2.05) is 0 Å². The fraction of sp³-hybridized carbons (Fsp3) is 0.273. The number of hydrogen-bond acceptors (Lipinski definition) is 5. The molecule has 0 saturated carbocycles. The molecular weight excluding hydrogens is 466 g/mol. The summed E-state index contributed by atoms with van der Waals surface area (Å²) < 4.78 is 0. The average Bonchev–Trinajstić information content (AvgIpc) is 2.88. The Bertz CT molecular complexity index is 1160. The van der Waals surface area contributed by atoms with E-state index in [1.165, 1.54) is 0 Å². The summed E-state index contributed by atoms with van der Waals surface area (Å²) in [6, 6.07) is 35.2. The summed E-state index contributed by atoms with van der Waals surface area (Å²) >= 11 is 0. The summed E-state index contributed by atoms with van der Waals surface area (Å²) in [6.07, 6.45) is 0. The Morgan fingerprint density at radius 3 is 0.921 bits per heavy atom. The first-order valence-corrected chi connectivity index (χ1v) is 13.5. The molecule has 4 N–H and O–H groups in total. The highest BCUT2D eigenvalue weighted by Crippen LogP contribution is 2.31. The highest BCUT2D eigenvalue weighted by atomic mass is 15.2. The SMILES string of the molecule is CC(C)Nc1ccc(Nc2ccc(N(c3ccc(Nc4ccc(NC(C)C)cc4)cc3)C(C)C)cc2)cc1. The Labute approximate surface area is 228 Å². The van der Waals surface area contributed by atoms with E-state index in [2.05, 4.69) is 165 Å². The first-order chi connectivity index (χ1) is 18.3. The summed E-state index contributed by atoms with van der Waals surface area (Å²) in [7, 11) is 0. The van der Waals surface area contributed by atoms with Crippen molar-refractivity contribution in [2.75, 3.05) is 26.2 Å². The van der Waals surface area contributed by atoms with Gasteiger partial charge in [0, 0.05) is 63.6 Å². The van der Waals surface area contributed by atoms with Gasteiger partial charge in [0.25, 0.3) is 0 Å². The van der Waals surface area contributed by atoms with Gasteiger partial charge in [-0.3, -0.25) is 0 Å². The molecule has 0 aliphatic rings. The molecule has 0 amide bonds. The minimum absolute atomic E-state index is 0.314. The molecule has 4 aromatic carbocycles. The van der Waals surface area contributed by atoms with Crippen LogP contribution >= 0.6 is 0 Å². The van der Waals surface area contributed by atoms with Crippen LogP contribution in [0.1, 0.15) is 41.5 Å². The van der Waals surface area contributed by atoms with E-state index in [1.54, 1.807) is 0 Å². The van der Waals surface area contributed by atoms with Gasteiger partial charge in [-0.1, -0.05) is 0 Å². The summed E-state index contributed by atoms with van der Waals surface area (Å²) in [5, 5.41) is 13.9. The van der Waals surface area contributed by atoms with Crippen molar-refractivity contribution >= 4 is 45.5 Å². The lowest BCUT2D eigenvalue weighted by atomic mass is 10.1. The third kappa shape index (κ3) is 7.45. The Morgan fingerprint density at radius 1 is 0.395 bits per heavy atom. The standard InChI is InChI=1S/C33H41N5/c1-23(2)34-26-7-11-28(12-8-26)36-30-15-19-32(20-16-30)38(25(5)6)33-21-17-31(18-22-33)37-29-13-9-27(10-14-29)35-24(3)4/h7-25,34-37H,1-6H3. The zero-order valence-electron chi connectivity index (χ0n) is 23.4. The van der Waals surface area contributed by atoms with E-state index in [4.69, 9.17) is 0 Å². The zero-order chi connectivity index (χ0) is 27.1. The molecular formula is C33H41N5. The molecule has 5 heteroatoms. The van der Waals surface area contributed by atoms with E-state index >= 15 is 0 Å². The van der Waals surface area contributed by atoms with Crippen LogP contribution in [0, 0.1) is 0 Å². The van der Waals surface area contributed by atoms with Crippen molar-refractivity contribution in [1.29, 1.82) is 0 Å². The van der Waals surface area contributed by atoms with Gasteiger partial charge in [0.15, 0.2) is 0 Å². The lowest BCUT2D eigenvalue weighted by Gasteiger charge is -2.29. The largest absolute Gasteiger partial charge is 0.383 e. The highest BCUT2D eigenvalue weighted by Gasteiger charge is 2.13. The van der Waals surface area contributed by atoms with Gasteiger partial charge in [0.05, 0.1) is 0 Å². The van der Waals surface area contributed by atoms with Crippen LogP contribution in [0.25, 0.3) is 0 Å². The second-order valence-electron chi connectivity index (χ2n) is 10.6. The third-order valence-electron chi connectivity index (χ3n) is 6.07. The molecule has 0 aliphatic carbocycles. The number of hydrogen-bond donors (Lipinski definition) is 4. The van der Waals surface area contributed by atoms with Crippen LogP contribution in [0.2, 0.25) is 0 Å². The van der Waals surface area contributed by atoms with Crippen molar-refractivity contribution < 1.29 is 0 Å². The minimum Gasteiger partial charge on any atom is -0.383 e. The normalized spacial score (nSPS) is 11.1. The van der Waals surface area contributed by atoms with Crippen LogP contribution < -0.4 is 26.2 Å². The van der Waals surface area contributed by atoms with Crippen LogP contribution in [0.15, 0.2) is 97.1 Å². The Balaban J connectivity index is 1.41. The Morgan fingerprint density at radius 2 is 0.658 bits per heavy atom. The summed E-state index contributed by atoms with van der Waals surface area (Å²) in [5.74, 6) is 0. The predicted molar refractivity (Wildman–Crippen MR) is 167 cm³/mol. The van der Waals surface area contributed by atoms with Gasteiger partial charge in [-0.05, 0) is 139 Å². The average molecular weight is 508 g/mol. The molecule has 0 aromatic heterocycles. The second kappa shape index (κ2) is 12.4. The number of anilines is 8. The fourth-order valence-corrected chi connectivity index (χ4v) is 4.46. The Hall–Kier alpha value is -4.12. The lowest BCUT2D eigenvalue weighted by Crippen LogP contribution is -2.25. The molecule has 0 radical (unpaired) electrons. The molecule has 198 valence electrons. The first-order valence-electron chi connectivity index (χ1n) is 13.5. The van der Waals surface area contributed by atoms with Crippen molar-refractivity contribution in [2.45, 2.75) is 59.7 Å². The van der Waals surface area contributed by atoms with Gasteiger partial charge in [-0.15, -0.1) is 0 Å². The van der Waals surface area contributed by atoms with Crippen LogP contribution in [0.5, 0.6) is 0 Å². The molecule has 4 aromatic rings. The summed E-state index contributed by atoms with van der Waals surface area (Å²) in [4.78, 5) is 2.35. The minimum atomic E-state index is 0.314. The summed E-state index contributed by atoms with van der Waals surface area (Å²) in [5.41, 5.74) is 8.86. The van der Waals surface area contributed by atoms with Crippen LogP contribution in [0.3, 0.4) is 0 Å². The zero-order valence-corrected chi connectivity index (χ0v) is 23.4. The maximum atomic E-state index is 3.50. The molecule has 0 aliphatic heterocycles. The predicted octanol–water partition coefficient (Wildman–Crippen LogP) is 9.36. The van der Waals surface area contributed by atoms with Crippen LogP contribution in [-0.4, -0.2) is 18.1 Å². The van der Waals surface area contributed by atoms with Crippen molar-refractivity contribution in [1.82, 2.24) is 0 Å². The molecule has 0 atom stereocenters. The number of nitrogens with one attached hydrogen (secondary N) is 4. The van der Waals surface area contributed by atoms with E-state index in [9.17, 15) is 0 Å². The van der Waals surface area contributed by atoms with Gasteiger partial charge in [-0.25, -0.2) is 0 Å². The molecule has 0 unspecified atom stereocenters. The number of nitrogens with zero attached hydrogens (tertiary/aromatic N) is 1. The lowest BCUT2D eigenvalue weighted by molar-refractivity contribution is 0.789. The van der Waals surface area contributed by atoms with Crippen LogP contribution in [0.4, 0.5) is 45.5 Å².